The van der Waals surface area contributed by atoms with Gasteiger partial charge in [-0.15, -0.1) is 0 Å². The molecule has 2 heterocycles. The lowest BCUT2D eigenvalue weighted by atomic mass is 9.80. The van der Waals surface area contributed by atoms with Crippen molar-refractivity contribution in [2.24, 2.45) is 0 Å². The number of unbranched alkanes of at least 4 members (excludes halogenated alkanes) is 8. The molecule has 4 rings (SSSR count). The van der Waals surface area contributed by atoms with Crippen LogP contribution in [0.4, 0.5) is 11.4 Å². The molecule has 2 aromatic rings. The van der Waals surface area contributed by atoms with E-state index in [0.29, 0.717) is 29.1 Å². The molecule has 0 saturated carbocycles. The number of carbonyl (C=O) groups excluding carboxylic acids is 1. The maximum atomic E-state index is 13.2. The summed E-state index contributed by atoms with van der Waals surface area (Å²) in [6.45, 7) is 9.88. The summed E-state index contributed by atoms with van der Waals surface area (Å²) in [4.78, 5) is 25.3. The van der Waals surface area contributed by atoms with Gasteiger partial charge in [0.2, 0.25) is 5.69 Å². The molecule has 18 heteroatoms. The molecule has 0 fully saturated rings. The molecule has 15 nitrogen and oxygen atoms in total. The molecule has 2 aromatic carbocycles. The minimum atomic E-state index is -4.51. The molecular formula is C45H62N3O12S3+. The highest BCUT2D eigenvalue weighted by atomic mass is 32.2. The summed E-state index contributed by atoms with van der Waals surface area (Å²) < 4.78 is 102. The molecule has 63 heavy (non-hydrogen) atoms. The fourth-order valence-electron chi connectivity index (χ4n) is 8.11. The Kier molecular flexibility index (Phi) is 17.4. The predicted molar refractivity (Wildman–Crippen MR) is 245 cm³/mol. The van der Waals surface area contributed by atoms with Crippen LogP contribution in [0.5, 0.6) is 0 Å². The van der Waals surface area contributed by atoms with Crippen LogP contribution in [0.2, 0.25) is 0 Å². The van der Waals surface area contributed by atoms with Gasteiger partial charge in [0.1, 0.15) is 5.75 Å². The van der Waals surface area contributed by atoms with E-state index in [2.05, 4.69) is 5.32 Å². The second-order valence-corrected chi connectivity index (χ2v) is 21.7. The number of rotatable bonds is 24. The van der Waals surface area contributed by atoms with Gasteiger partial charge in [-0.3, -0.25) is 23.2 Å². The number of anilines is 1. The highest BCUT2D eigenvalue weighted by Gasteiger charge is 2.45. The van der Waals surface area contributed by atoms with Gasteiger partial charge in [-0.05, 0) is 75.6 Å². The molecule has 1 amide bonds. The van der Waals surface area contributed by atoms with Gasteiger partial charge in [0.15, 0.2) is 12.3 Å². The fourth-order valence-corrected chi connectivity index (χ4v) is 9.44. The van der Waals surface area contributed by atoms with E-state index in [0.717, 1.165) is 80.3 Å². The third kappa shape index (κ3) is 14.5. The Bertz CT molecular complexity index is 2520. The lowest BCUT2D eigenvalue weighted by molar-refractivity contribution is -0.432. The SMILES string of the molecule is CC(/C=C/C=C1/N(CCS(=O)(=O)O)c2ccc(S(=O)(=O)O)cc2C1(C)C)=C\C=C\C1=[N+](CCS(=O)(=O)O)c2ccc(C(=O)NCCCCCCCCCCCC(=O)O)cc2C1(C)C. The molecule has 5 N–H and O–H groups in total. The molecule has 0 spiro atoms. The monoisotopic (exact) mass is 932 g/mol. The summed E-state index contributed by atoms with van der Waals surface area (Å²) in [6, 6.07) is 9.40. The van der Waals surface area contributed by atoms with Crippen molar-refractivity contribution >= 4 is 59.3 Å². The molecule has 0 aromatic heterocycles. The number of carboxylic acids is 1. The minimum Gasteiger partial charge on any atom is -0.481 e. The second kappa shape index (κ2) is 21.5. The Morgan fingerprint density at radius 3 is 1.98 bits per heavy atom. The zero-order chi connectivity index (χ0) is 46.8. The molecule has 346 valence electrons. The van der Waals surface area contributed by atoms with Crippen molar-refractivity contribution in [2.45, 2.75) is 115 Å². The van der Waals surface area contributed by atoms with Gasteiger partial charge in [0, 0.05) is 59.6 Å². The maximum Gasteiger partial charge on any atom is 0.303 e. The largest absolute Gasteiger partial charge is 0.481 e. The number of carboxylic acid groups (broad SMARTS) is 1. The van der Waals surface area contributed by atoms with E-state index in [4.69, 9.17) is 5.11 Å². The van der Waals surface area contributed by atoms with E-state index in [1.165, 1.54) is 18.2 Å². The lowest BCUT2D eigenvalue weighted by Gasteiger charge is -2.26. The summed E-state index contributed by atoms with van der Waals surface area (Å²) in [5, 5.41) is 11.7. The number of amides is 1. The molecular weight excluding hydrogens is 871 g/mol. The third-order valence-electron chi connectivity index (χ3n) is 11.5. The van der Waals surface area contributed by atoms with Gasteiger partial charge in [-0.1, -0.05) is 88.7 Å². The molecule has 0 unspecified atom stereocenters. The number of hydrogen-bond donors (Lipinski definition) is 5. The standard InChI is InChI=1S/C45H61N3O12S3/c1-33(18-16-20-41-45(4,5)37-32-35(63(58,59)60)23-25-39(37)48(41)28-30-62(55,56)57)17-15-19-40-44(2,3)36-31-34(22-24-38(36)47(40)27-29-61(52,53)54)43(51)46-26-14-12-10-8-6-7-9-11-13-21-42(49)50/h15-20,22-25,31-32H,6-14,21,26-30H2,1-5H3,(H4-,46,49,50,51,52,53,54,55,56,57,58,59,60)/p+1. The first-order valence-electron chi connectivity index (χ1n) is 21.2. The van der Waals surface area contributed by atoms with Crippen LogP contribution < -0.4 is 10.2 Å². The van der Waals surface area contributed by atoms with Crippen LogP contribution in [-0.2, 0) is 46.0 Å². The van der Waals surface area contributed by atoms with Crippen molar-refractivity contribution in [1.29, 1.82) is 0 Å². The van der Waals surface area contributed by atoms with E-state index in [9.17, 15) is 48.5 Å². The average molecular weight is 933 g/mol. The number of hydrogen-bond acceptors (Lipinski definition) is 9. The van der Waals surface area contributed by atoms with E-state index < -0.39 is 58.7 Å². The molecule has 0 aliphatic carbocycles. The van der Waals surface area contributed by atoms with Crippen LogP contribution in [0, 0.1) is 0 Å². The number of nitrogens with zero attached hydrogens (tertiary/aromatic N) is 2. The smallest absolute Gasteiger partial charge is 0.303 e. The third-order valence-corrected chi connectivity index (χ3v) is 13.8. The van der Waals surface area contributed by atoms with Crippen LogP contribution >= 0.6 is 0 Å². The number of aliphatic carboxylic acids is 1. The number of fused-ring (bicyclic) bond motifs is 2. The average Bonchev–Trinajstić information content (AvgIpc) is 3.52. The maximum absolute atomic E-state index is 13.2. The molecule has 0 bridgehead atoms. The summed E-state index contributed by atoms with van der Waals surface area (Å²) >= 11 is 0. The number of benzene rings is 2. The van der Waals surface area contributed by atoms with Gasteiger partial charge in [0.25, 0.3) is 36.3 Å². The second-order valence-electron chi connectivity index (χ2n) is 17.2. The van der Waals surface area contributed by atoms with Crippen LogP contribution in [0.25, 0.3) is 0 Å². The van der Waals surface area contributed by atoms with Crippen LogP contribution in [0.15, 0.2) is 89.0 Å². The van der Waals surface area contributed by atoms with Gasteiger partial charge in [-0.25, -0.2) is 0 Å². The number of nitrogens with one attached hydrogen (secondary N) is 1. The lowest BCUT2D eigenvalue weighted by Crippen LogP contribution is -2.30. The highest BCUT2D eigenvalue weighted by molar-refractivity contribution is 7.86. The van der Waals surface area contributed by atoms with Crippen molar-refractivity contribution in [3.63, 3.8) is 0 Å². The topological polar surface area (TPSA) is 236 Å². The molecule has 0 saturated heterocycles. The first-order chi connectivity index (χ1) is 29.3. The Morgan fingerprint density at radius 2 is 1.38 bits per heavy atom. The Labute approximate surface area is 372 Å². The van der Waals surface area contributed by atoms with Crippen LogP contribution in [-0.4, -0.2) is 97.3 Å². The number of allylic oxidation sites excluding steroid dienone is 8. The normalized spacial score (nSPS) is 17.0. The molecule has 2 aliphatic heterocycles. The Hall–Kier alpha value is -4.46. The van der Waals surface area contributed by atoms with Crippen molar-refractivity contribution in [2.75, 3.05) is 36.0 Å². The van der Waals surface area contributed by atoms with Crippen molar-refractivity contribution < 1.29 is 58.2 Å². The first-order valence-corrected chi connectivity index (χ1v) is 25.8. The van der Waals surface area contributed by atoms with E-state index in [1.54, 1.807) is 29.2 Å². The van der Waals surface area contributed by atoms with Crippen LogP contribution in [0.1, 0.15) is 120 Å². The zero-order valence-electron chi connectivity index (χ0n) is 36.7. The van der Waals surface area contributed by atoms with E-state index in [1.807, 2.05) is 69.6 Å². The van der Waals surface area contributed by atoms with Gasteiger partial charge < -0.3 is 15.3 Å². The van der Waals surface area contributed by atoms with Crippen LogP contribution in [0.3, 0.4) is 0 Å². The molecule has 0 atom stereocenters. The summed E-state index contributed by atoms with van der Waals surface area (Å²) in [5.74, 6) is -2.05. The predicted octanol–water partition coefficient (Wildman–Crippen LogP) is 7.54. The summed E-state index contributed by atoms with van der Waals surface area (Å²) in [6.07, 6.45) is 20.0. The summed E-state index contributed by atoms with van der Waals surface area (Å²) in [7, 11) is -13.1. The van der Waals surface area contributed by atoms with Crippen molar-refractivity contribution in [3.8, 4) is 0 Å². The minimum absolute atomic E-state index is 0.0284. The van der Waals surface area contributed by atoms with Gasteiger partial charge in [-0.2, -0.15) is 29.8 Å². The summed E-state index contributed by atoms with van der Waals surface area (Å²) in [5.41, 5.74) is 3.79. The van der Waals surface area contributed by atoms with E-state index >= 15 is 0 Å². The van der Waals surface area contributed by atoms with Crippen molar-refractivity contribution in [3.05, 3.63) is 101 Å². The molecule has 2 aliphatic rings. The fraction of sp³-hybridized carbons (Fsp3) is 0.489. The Morgan fingerprint density at radius 1 is 0.762 bits per heavy atom. The molecule has 0 radical (unpaired) electrons. The van der Waals surface area contributed by atoms with E-state index in [-0.39, 0.29) is 30.3 Å². The number of carbonyl (C=O) groups is 2. The Balaban J connectivity index is 1.47. The first kappa shape index (κ1) is 51.2. The van der Waals surface area contributed by atoms with Gasteiger partial charge >= 0.3 is 5.97 Å². The van der Waals surface area contributed by atoms with Gasteiger partial charge in [0.05, 0.1) is 16.1 Å². The zero-order valence-corrected chi connectivity index (χ0v) is 39.2. The quantitative estimate of drug-likeness (QED) is 0.0297. The van der Waals surface area contributed by atoms with Crippen molar-refractivity contribution in [1.82, 2.24) is 5.32 Å². The highest BCUT2D eigenvalue weighted by Crippen LogP contribution is 2.48.